The summed E-state index contributed by atoms with van der Waals surface area (Å²) in [7, 11) is 1.63. The zero-order chi connectivity index (χ0) is 13.8. The first kappa shape index (κ1) is 13.7. The maximum Gasteiger partial charge on any atom is 0.277 e. The lowest BCUT2D eigenvalue weighted by Gasteiger charge is -2.03. The van der Waals surface area contributed by atoms with Gasteiger partial charge >= 0.3 is 0 Å². The zero-order valence-electron chi connectivity index (χ0n) is 10.8. The van der Waals surface area contributed by atoms with E-state index < -0.39 is 0 Å². The van der Waals surface area contributed by atoms with Gasteiger partial charge in [0, 0.05) is 12.1 Å². The van der Waals surface area contributed by atoms with E-state index >= 15 is 0 Å². The van der Waals surface area contributed by atoms with Gasteiger partial charge in [-0.2, -0.15) is 0 Å². The molecule has 0 spiro atoms. The number of benzene rings is 1. The van der Waals surface area contributed by atoms with Crippen LogP contribution in [0, 0.1) is 0 Å². The number of aromatic nitrogens is 3. The van der Waals surface area contributed by atoms with Crippen molar-refractivity contribution < 1.29 is 4.74 Å². The monoisotopic (exact) mass is 279 g/mol. The summed E-state index contributed by atoms with van der Waals surface area (Å²) in [5.74, 6) is 0. The third-order valence-corrected chi connectivity index (χ3v) is 2.90. The van der Waals surface area contributed by atoms with Crippen molar-refractivity contribution >= 4 is 22.5 Å². The van der Waals surface area contributed by atoms with E-state index in [2.05, 4.69) is 10.3 Å². The Morgan fingerprint density at radius 2 is 2.32 bits per heavy atom. The number of halogens is 1. The zero-order valence-corrected chi connectivity index (χ0v) is 11.5. The van der Waals surface area contributed by atoms with Crippen LogP contribution in [-0.4, -0.2) is 28.7 Å². The number of methoxy groups -OCH3 is 1. The van der Waals surface area contributed by atoms with Crippen LogP contribution < -0.4 is 5.56 Å². The van der Waals surface area contributed by atoms with Gasteiger partial charge in [0.2, 0.25) is 0 Å². The number of nitrogens with zero attached hydrogens (tertiary/aromatic N) is 3. The molecule has 0 saturated heterocycles. The molecule has 0 fully saturated rings. The molecule has 0 unspecified atom stereocenters. The summed E-state index contributed by atoms with van der Waals surface area (Å²) in [6.45, 7) is 2.82. The van der Waals surface area contributed by atoms with Crippen LogP contribution in [0.5, 0.6) is 0 Å². The first-order valence-corrected chi connectivity index (χ1v) is 6.17. The average molecular weight is 280 g/mol. The summed E-state index contributed by atoms with van der Waals surface area (Å²) < 4.78 is 6.30. The SMILES string of the molecule is COC/C(C)=C/Cn1nnc2ccc(Cl)cc2c1=O. The Hall–Kier alpha value is -1.72. The highest BCUT2D eigenvalue weighted by Gasteiger charge is 2.05. The van der Waals surface area contributed by atoms with E-state index in [1.807, 2.05) is 13.0 Å². The molecule has 0 saturated carbocycles. The van der Waals surface area contributed by atoms with Crippen LogP contribution >= 0.6 is 11.6 Å². The maximum absolute atomic E-state index is 12.2. The predicted octanol–water partition coefficient (Wildman–Crippen LogP) is 2.04. The Morgan fingerprint density at radius 3 is 3.05 bits per heavy atom. The van der Waals surface area contributed by atoms with Gasteiger partial charge in [-0.3, -0.25) is 4.79 Å². The smallest absolute Gasteiger partial charge is 0.277 e. The lowest BCUT2D eigenvalue weighted by Crippen LogP contribution is -2.23. The molecule has 0 atom stereocenters. The van der Waals surface area contributed by atoms with Gasteiger partial charge in [-0.25, -0.2) is 4.68 Å². The quantitative estimate of drug-likeness (QED) is 0.804. The van der Waals surface area contributed by atoms with Crippen LogP contribution in [0.1, 0.15) is 6.92 Å². The molecular weight excluding hydrogens is 266 g/mol. The minimum atomic E-state index is -0.200. The number of fused-ring (bicyclic) bond motifs is 1. The fourth-order valence-electron chi connectivity index (χ4n) is 1.70. The molecule has 19 heavy (non-hydrogen) atoms. The van der Waals surface area contributed by atoms with Gasteiger partial charge in [0.15, 0.2) is 0 Å². The van der Waals surface area contributed by atoms with Crippen LogP contribution in [0.4, 0.5) is 0 Å². The molecule has 5 nitrogen and oxygen atoms in total. The minimum absolute atomic E-state index is 0.200. The Bertz CT molecular complexity index is 679. The second-order valence-corrected chi connectivity index (χ2v) is 4.66. The van der Waals surface area contributed by atoms with Gasteiger partial charge in [-0.1, -0.05) is 22.9 Å². The normalized spacial score (nSPS) is 12.1. The second-order valence-electron chi connectivity index (χ2n) is 4.22. The van der Waals surface area contributed by atoms with Crippen molar-refractivity contribution in [1.82, 2.24) is 15.0 Å². The standard InChI is InChI=1S/C13H14ClN3O2/c1-9(8-19-2)5-6-17-13(18)11-7-10(14)3-4-12(11)15-16-17/h3-5,7H,6,8H2,1-2H3/b9-5+. The van der Waals surface area contributed by atoms with Gasteiger partial charge in [0.25, 0.3) is 5.56 Å². The van der Waals surface area contributed by atoms with Crippen molar-refractivity contribution in [3.05, 3.63) is 45.2 Å². The number of allylic oxidation sites excluding steroid dienone is 1. The molecule has 0 N–H and O–H groups in total. The number of hydrogen-bond acceptors (Lipinski definition) is 4. The third-order valence-electron chi connectivity index (χ3n) is 2.67. The van der Waals surface area contributed by atoms with Crippen molar-refractivity contribution in [3.63, 3.8) is 0 Å². The van der Waals surface area contributed by atoms with E-state index in [9.17, 15) is 4.79 Å². The molecule has 0 radical (unpaired) electrons. The molecule has 0 amide bonds. The molecule has 2 aromatic rings. The predicted molar refractivity (Wildman–Crippen MR) is 74.4 cm³/mol. The van der Waals surface area contributed by atoms with Gasteiger partial charge < -0.3 is 4.74 Å². The Balaban J connectivity index is 2.37. The van der Waals surface area contributed by atoms with E-state index in [4.69, 9.17) is 16.3 Å². The fourth-order valence-corrected chi connectivity index (χ4v) is 1.87. The van der Waals surface area contributed by atoms with Crippen LogP contribution in [0.3, 0.4) is 0 Å². The summed E-state index contributed by atoms with van der Waals surface area (Å²) in [6.07, 6.45) is 1.88. The number of hydrogen-bond donors (Lipinski definition) is 0. The average Bonchev–Trinajstić information content (AvgIpc) is 2.39. The van der Waals surface area contributed by atoms with Gasteiger partial charge in [-0.05, 0) is 30.7 Å². The van der Waals surface area contributed by atoms with Crippen molar-refractivity contribution in [2.24, 2.45) is 0 Å². The fraction of sp³-hybridized carbons (Fsp3) is 0.308. The lowest BCUT2D eigenvalue weighted by molar-refractivity contribution is 0.225. The highest BCUT2D eigenvalue weighted by molar-refractivity contribution is 6.31. The van der Waals surface area contributed by atoms with Gasteiger partial charge in [0.05, 0.1) is 18.5 Å². The maximum atomic E-state index is 12.2. The molecule has 0 aliphatic heterocycles. The molecule has 0 bridgehead atoms. The Morgan fingerprint density at radius 1 is 1.53 bits per heavy atom. The summed E-state index contributed by atoms with van der Waals surface area (Å²) in [5.41, 5.74) is 1.37. The summed E-state index contributed by atoms with van der Waals surface area (Å²) in [4.78, 5) is 12.2. The van der Waals surface area contributed by atoms with Crippen LogP contribution in [-0.2, 0) is 11.3 Å². The molecule has 100 valence electrons. The van der Waals surface area contributed by atoms with Gasteiger partial charge in [-0.15, -0.1) is 5.10 Å². The summed E-state index contributed by atoms with van der Waals surface area (Å²) in [5, 5.41) is 8.88. The molecule has 1 aromatic heterocycles. The lowest BCUT2D eigenvalue weighted by atomic mass is 10.2. The second kappa shape index (κ2) is 5.95. The van der Waals surface area contributed by atoms with Gasteiger partial charge in [0.1, 0.15) is 5.52 Å². The highest BCUT2D eigenvalue weighted by Crippen LogP contribution is 2.13. The molecular formula is C13H14ClN3O2. The summed E-state index contributed by atoms with van der Waals surface area (Å²) in [6, 6.07) is 4.98. The molecule has 1 heterocycles. The highest BCUT2D eigenvalue weighted by atomic mass is 35.5. The third kappa shape index (κ3) is 3.19. The van der Waals surface area contributed by atoms with Crippen LogP contribution in [0.25, 0.3) is 10.9 Å². The number of ether oxygens (including phenoxy) is 1. The van der Waals surface area contributed by atoms with Crippen molar-refractivity contribution in [2.75, 3.05) is 13.7 Å². The van der Waals surface area contributed by atoms with Crippen molar-refractivity contribution in [2.45, 2.75) is 13.5 Å². The number of rotatable bonds is 4. The van der Waals surface area contributed by atoms with E-state index in [-0.39, 0.29) is 5.56 Å². The molecule has 0 aliphatic carbocycles. The summed E-state index contributed by atoms with van der Waals surface area (Å²) >= 11 is 5.89. The molecule has 0 aliphatic rings. The largest absolute Gasteiger partial charge is 0.380 e. The molecule has 2 rings (SSSR count). The Labute approximate surface area is 115 Å². The van der Waals surface area contributed by atoms with Crippen LogP contribution in [0.2, 0.25) is 5.02 Å². The van der Waals surface area contributed by atoms with E-state index in [0.29, 0.717) is 29.1 Å². The van der Waals surface area contributed by atoms with Crippen molar-refractivity contribution in [3.8, 4) is 0 Å². The molecule has 6 heteroatoms. The van der Waals surface area contributed by atoms with Crippen LogP contribution in [0.15, 0.2) is 34.6 Å². The molecule has 1 aromatic carbocycles. The van der Waals surface area contributed by atoms with Crippen molar-refractivity contribution in [1.29, 1.82) is 0 Å². The first-order chi connectivity index (χ1) is 9.11. The first-order valence-electron chi connectivity index (χ1n) is 5.79. The van der Waals surface area contributed by atoms with E-state index in [1.54, 1.807) is 25.3 Å². The van der Waals surface area contributed by atoms with E-state index in [0.717, 1.165) is 5.57 Å². The topological polar surface area (TPSA) is 57.0 Å². The minimum Gasteiger partial charge on any atom is -0.380 e. The van der Waals surface area contributed by atoms with E-state index in [1.165, 1.54) is 4.68 Å². The Kier molecular flexibility index (Phi) is 4.29.